The van der Waals surface area contributed by atoms with Gasteiger partial charge in [-0.2, -0.15) is 0 Å². The molecule has 0 saturated carbocycles. The van der Waals surface area contributed by atoms with Gasteiger partial charge >= 0.3 is 0 Å². The van der Waals surface area contributed by atoms with Crippen LogP contribution < -0.4 is 26.6 Å². The average molecular weight is 1190 g/mol. The number of fused-ring (bicyclic) bond motifs is 3. The normalized spacial score (nSPS) is 22.6. The molecule has 21 heteroatoms. The minimum atomic E-state index is -0.813. The van der Waals surface area contributed by atoms with E-state index < -0.39 is 66.0 Å². The second kappa shape index (κ2) is 29.4. The fourth-order valence-electron chi connectivity index (χ4n) is 13.1. The number of aliphatic hydroxyl groups excluding tert-OH is 2. The lowest BCUT2D eigenvalue weighted by Crippen LogP contribution is -2.55. The number of nitrogens with zero attached hydrogens (tertiary/aromatic N) is 4. The van der Waals surface area contributed by atoms with Crippen LogP contribution in [0.25, 0.3) is 33.2 Å². The van der Waals surface area contributed by atoms with E-state index in [1.54, 1.807) is 70.8 Å². The highest BCUT2D eigenvalue weighted by molar-refractivity contribution is 5.97. The van der Waals surface area contributed by atoms with Gasteiger partial charge in [-0.05, 0) is 172 Å². The molecule has 3 aromatic carbocycles. The standard InChI is InChI=1S/C43H57F2N7O6.C22H34N4O2/c1-7-24(13-38(55)22(3)46-5)42(57)51-20-29(53)16-27(51)18-33-31-11-9-25(44)14-36(31)48-39(33)40-34(32-12-10-26(45)15-37(32)49-40)19-28-17-30(54)21-52(28)43(58)35(8-2)50-41(56)23(4)47-6;1-16(23-3)21(27)24-17(2)22(28)26-14-11-19-10-13-25(15-20(19)26)12-9-18-7-5-4-6-8-18/h9-12,14-15,22-24,27-30,35,46-49,53-54H,7-8,13,16-21H2,1-6H3,(H,50,56);4-8,16-17,19-20,23H,9-15H2,1-3H3,(H,24,27)/t22-,23-,24+,27-,28-,29-,30-,35-;16-,17-,19+,20+/m00/s1. The zero-order chi connectivity index (χ0) is 62.1. The minimum Gasteiger partial charge on any atom is -0.391 e. The molecule has 6 heterocycles. The molecule has 12 atom stereocenters. The number of carbonyl (C=O) groups excluding carboxylic acids is 6. The van der Waals surface area contributed by atoms with E-state index in [0.29, 0.717) is 58.4 Å². The summed E-state index contributed by atoms with van der Waals surface area (Å²) in [6, 6.07) is 16.2. The van der Waals surface area contributed by atoms with Gasteiger partial charge < -0.3 is 66.4 Å². The summed E-state index contributed by atoms with van der Waals surface area (Å²) in [4.78, 5) is 93.6. The smallest absolute Gasteiger partial charge is 0.245 e. The van der Waals surface area contributed by atoms with Crippen molar-refractivity contribution in [3.05, 3.63) is 95.1 Å². The molecule has 2 aromatic heterocycles. The van der Waals surface area contributed by atoms with Gasteiger partial charge in [-0.1, -0.05) is 44.2 Å². The zero-order valence-corrected chi connectivity index (χ0v) is 51.5. The number of likely N-dealkylation sites (N-methyl/N-ethyl adjacent to an activating group) is 3. The van der Waals surface area contributed by atoms with Crippen LogP contribution in [0.4, 0.5) is 8.78 Å². The number of hydrogen-bond donors (Lipinski definition) is 9. The summed E-state index contributed by atoms with van der Waals surface area (Å²) < 4.78 is 29.6. The molecule has 9 rings (SSSR count). The summed E-state index contributed by atoms with van der Waals surface area (Å²) in [5.41, 5.74) is 5.01. The van der Waals surface area contributed by atoms with Crippen molar-refractivity contribution in [2.75, 3.05) is 60.4 Å². The number of nitrogens with one attached hydrogen (secondary N) is 7. The quantitative estimate of drug-likeness (QED) is 0.0421. The molecule has 0 aliphatic carbocycles. The Morgan fingerprint density at radius 3 is 1.66 bits per heavy atom. The SMILES string of the molecule is CC[C@H](CC(=O)[C@H](C)NC)C(=O)N1C[C@@H](O)C[C@H]1Cc1c(-c2[nH]c3cc(F)ccc3c2C[C@@H]2C[C@H](O)CN2C(=O)[C@H](CC)NC(=O)[C@H](C)NC)[nH]c2cc(F)ccc12.CN[C@@H](C)C(=O)N[C@@H](C)C(=O)N1CC[C@H]2CCN(CCc3ccccc3)C[C@H]21. The van der Waals surface area contributed by atoms with E-state index in [1.807, 2.05) is 24.8 Å². The average Bonchev–Trinajstić information content (AvgIpc) is 2.02. The van der Waals surface area contributed by atoms with Gasteiger partial charge in [0.05, 0.1) is 41.7 Å². The second-order valence-corrected chi connectivity index (χ2v) is 24.3. The van der Waals surface area contributed by atoms with Crippen LogP contribution in [0.3, 0.4) is 0 Å². The summed E-state index contributed by atoms with van der Waals surface area (Å²) in [5.74, 6) is -1.89. The van der Waals surface area contributed by atoms with Crippen molar-refractivity contribution >= 4 is 57.1 Å². The molecule has 5 aromatic rings. The number of ketones is 1. The second-order valence-electron chi connectivity index (χ2n) is 24.3. The Bertz CT molecular complexity index is 3020. The van der Waals surface area contributed by atoms with Crippen molar-refractivity contribution in [2.45, 2.75) is 166 Å². The van der Waals surface area contributed by atoms with Crippen LogP contribution in [0, 0.1) is 23.5 Å². The number of aliphatic hydroxyl groups is 2. The molecule has 19 nitrogen and oxygen atoms in total. The van der Waals surface area contributed by atoms with Gasteiger partial charge in [0.15, 0.2) is 0 Å². The van der Waals surface area contributed by atoms with Crippen LogP contribution in [-0.2, 0) is 48.0 Å². The highest BCUT2D eigenvalue weighted by Crippen LogP contribution is 2.40. The molecule has 86 heavy (non-hydrogen) atoms. The van der Waals surface area contributed by atoms with E-state index in [0.717, 1.165) is 56.6 Å². The fraction of sp³-hybridized carbons (Fsp3) is 0.569. The maximum absolute atomic E-state index is 14.8. The maximum atomic E-state index is 14.8. The number of β-amino-alcohol motifs (C(OH)–C–C–N with tert-alkyl or cyclic N) is 2. The van der Waals surface area contributed by atoms with Crippen LogP contribution in [0.15, 0.2) is 66.7 Å². The number of benzene rings is 3. The van der Waals surface area contributed by atoms with Gasteiger partial charge in [-0.15, -0.1) is 0 Å². The van der Waals surface area contributed by atoms with Crippen LogP contribution in [-0.4, -0.2) is 196 Å². The van der Waals surface area contributed by atoms with Crippen molar-refractivity contribution in [1.29, 1.82) is 0 Å². The largest absolute Gasteiger partial charge is 0.391 e. The summed E-state index contributed by atoms with van der Waals surface area (Å²) in [7, 11) is 5.10. The monoisotopic (exact) mass is 1190 g/mol. The molecule has 4 saturated heterocycles. The number of piperidine rings is 1. The molecule has 0 unspecified atom stereocenters. The molecule has 0 radical (unpaired) electrons. The van der Waals surface area contributed by atoms with Gasteiger partial charge in [0.2, 0.25) is 29.5 Å². The number of halogens is 2. The molecule has 4 aliphatic heterocycles. The highest BCUT2D eigenvalue weighted by Gasteiger charge is 2.43. The number of rotatable bonds is 23. The predicted octanol–water partition coefficient (Wildman–Crippen LogP) is 4.96. The van der Waals surface area contributed by atoms with Gasteiger partial charge in [0.25, 0.3) is 0 Å². The summed E-state index contributed by atoms with van der Waals surface area (Å²) in [6.45, 7) is 14.8. The molecule has 0 bridgehead atoms. The maximum Gasteiger partial charge on any atom is 0.245 e. The van der Waals surface area contributed by atoms with Crippen molar-refractivity contribution in [3.63, 3.8) is 0 Å². The molecule has 4 fully saturated rings. The minimum absolute atomic E-state index is 0.0501. The molecule has 0 spiro atoms. The first-order valence-electron chi connectivity index (χ1n) is 31.0. The van der Waals surface area contributed by atoms with E-state index in [1.165, 1.54) is 29.8 Å². The Kier molecular flexibility index (Phi) is 22.3. The molecular weight excluding hydrogens is 1100 g/mol. The van der Waals surface area contributed by atoms with E-state index in [2.05, 4.69) is 65.7 Å². The molecule has 9 N–H and O–H groups in total. The lowest BCUT2D eigenvalue weighted by molar-refractivity contribution is -0.139. The first-order valence-corrected chi connectivity index (χ1v) is 31.0. The topological polar surface area (TPSA) is 248 Å². The Balaban J connectivity index is 0.000000286. The molecular formula is C65H91F2N11O8. The molecule has 5 amide bonds. The lowest BCUT2D eigenvalue weighted by Gasteiger charge is -2.39. The Hall–Kier alpha value is -6.62. The number of amides is 5. The number of aromatic amines is 2. The van der Waals surface area contributed by atoms with Gasteiger partial charge in [-0.25, -0.2) is 8.78 Å². The summed E-state index contributed by atoms with van der Waals surface area (Å²) in [6.07, 6.45) is 3.64. The summed E-state index contributed by atoms with van der Waals surface area (Å²) >= 11 is 0. The number of H-pyrrole nitrogens is 2. The van der Waals surface area contributed by atoms with Crippen LogP contribution >= 0.6 is 0 Å². The molecule has 468 valence electrons. The third-order valence-corrected chi connectivity index (χ3v) is 18.6. The van der Waals surface area contributed by atoms with E-state index in [4.69, 9.17) is 0 Å². The Labute approximate surface area is 504 Å². The highest BCUT2D eigenvalue weighted by atomic mass is 19.1. The number of carbonyl (C=O) groups is 6. The first kappa shape index (κ1) is 65.4. The number of Topliss-reactive ketones (excluding diaryl/α,β-unsaturated/α-hetero) is 1. The van der Waals surface area contributed by atoms with Crippen molar-refractivity contribution in [1.82, 2.24) is 56.2 Å². The molecule has 4 aliphatic rings. The number of hydrogen-bond acceptors (Lipinski definition) is 12. The van der Waals surface area contributed by atoms with Crippen LogP contribution in [0.5, 0.6) is 0 Å². The third kappa shape index (κ3) is 15.2. The van der Waals surface area contributed by atoms with Crippen molar-refractivity contribution in [2.24, 2.45) is 11.8 Å². The van der Waals surface area contributed by atoms with Crippen LogP contribution in [0.2, 0.25) is 0 Å². The Morgan fingerprint density at radius 2 is 1.14 bits per heavy atom. The van der Waals surface area contributed by atoms with Crippen molar-refractivity contribution in [3.8, 4) is 11.4 Å². The van der Waals surface area contributed by atoms with E-state index >= 15 is 0 Å². The lowest BCUT2D eigenvalue weighted by atomic mass is 9.92. The van der Waals surface area contributed by atoms with Gasteiger partial charge in [-0.3, -0.25) is 28.8 Å². The predicted molar refractivity (Wildman–Crippen MR) is 329 cm³/mol. The first-order chi connectivity index (χ1) is 41.2. The van der Waals surface area contributed by atoms with Crippen molar-refractivity contribution < 1.29 is 47.8 Å². The fourth-order valence-corrected chi connectivity index (χ4v) is 13.1. The van der Waals surface area contributed by atoms with Gasteiger partial charge in [0.1, 0.15) is 29.5 Å². The number of aromatic nitrogens is 2. The summed E-state index contributed by atoms with van der Waals surface area (Å²) in [5, 5.41) is 37.7. The Morgan fingerprint density at radius 1 is 0.616 bits per heavy atom. The van der Waals surface area contributed by atoms with E-state index in [9.17, 15) is 47.8 Å². The number of likely N-dealkylation sites (tertiary alicyclic amines) is 4. The van der Waals surface area contributed by atoms with Crippen LogP contribution in [0.1, 0.15) is 103 Å². The van der Waals surface area contributed by atoms with Gasteiger partial charge in [0, 0.05) is 85.0 Å². The van der Waals surface area contributed by atoms with E-state index in [-0.39, 0.29) is 86.2 Å². The zero-order valence-electron chi connectivity index (χ0n) is 51.5. The third-order valence-electron chi connectivity index (χ3n) is 18.6.